The number of carbonyl (C=O) groups is 2. The maximum absolute atomic E-state index is 13.1. The molecule has 1 aromatic heterocycles. The van der Waals surface area contributed by atoms with Gasteiger partial charge in [0.25, 0.3) is 0 Å². The van der Waals surface area contributed by atoms with Crippen LogP contribution in [0.15, 0.2) is 40.4 Å². The number of aromatic nitrogens is 1. The van der Waals surface area contributed by atoms with Gasteiger partial charge in [-0.15, -0.1) is 17.9 Å². The number of hydrogen-bond acceptors (Lipinski definition) is 9. The molecular formula is C29H38N4O5S. The number of nitrogens with one attached hydrogen (secondary N) is 2. The number of carbonyl (C=O) groups excluding carboxylic acids is 2. The van der Waals surface area contributed by atoms with Gasteiger partial charge >= 0.3 is 5.97 Å². The Hall–Kier alpha value is -2.82. The third kappa shape index (κ3) is 5.21. The van der Waals surface area contributed by atoms with Crippen molar-refractivity contribution in [3.05, 3.63) is 46.1 Å². The number of ether oxygens (including phenoxy) is 3. The number of nitrogens with zero attached hydrogens (tertiary/aromatic N) is 2. The molecule has 10 heteroatoms. The summed E-state index contributed by atoms with van der Waals surface area (Å²) in [5.74, 6) is 0.635. The van der Waals surface area contributed by atoms with Gasteiger partial charge in [0.1, 0.15) is 16.3 Å². The van der Waals surface area contributed by atoms with Crippen molar-refractivity contribution < 1.29 is 23.8 Å². The summed E-state index contributed by atoms with van der Waals surface area (Å²) >= 11 is 1.60. The zero-order chi connectivity index (χ0) is 27.9. The van der Waals surface area contributed by atoms with Crippen molar-refractivity contribution in [1.29, 1.82) is 0 Å². The summed E-state index contributed by atoms with van der Waals surface area (Å²) < 4.78 is 17.3. The van der Waals surface area contributed by atoms with E-state index in [-0.39, 0.29) is 30.0 Å². The van der Waals surface area contributed by atoms with Crippen LogP contribution in [0.3, 0.4) is 0 Å². The highest BCUT2D eigenvalue weighted by atomic mass is 32.1. The molecule has 39 heavy (non-hydrogen) atoms. The van der Waals surface area contributed by atoms with Crippen molar-refractivity contribution in [3.8, 4) is 0 Å². The molecule has 2 N–H and O–H groups in total. The average Bonchev–Trinajstić information content (AvgIpc) is 3.26. The summed E-state index contributed by atoms with van der Waals surface area (Å²) in [7, 11) is 3.05. The number of amides is 1. The molecule has 2 aliphatic carbocycles. The number of fused-ring (bicyclic) bond motifs is 1. The van der Waals surface area contributed by atoms with E-state index in [1.54, 1.807) is 24.5 Å². The lowest BCUT2D eigenvalue weighted by Crippen LogP contribution is -2.51. The Kier molecular flexibility index (Phi) is 7.81. The molecule has 0 bridgehead atoms. The number of hydrogen-bond donors (Lipinski definition) is 2. The molecule has 1 saturated carbocycles. The maximum Gasteiger partial charge on any atom is 0.332 e. The minimum absolute atomic E-state index is 0.104. The highest BCUT2D eigenvalue weighted by Gasteiger charge is 2.61. The second-order valence-corrected chi connectivity index (χ2v) is 12.0. The van der Waals surface area contributed by atoms with Crippen LogP contribution in [0.4, 0.5) is 0 Å². The zero-order valence-electron chi connectivity index (χ0n) is 23.3. The molecule has 6 unspecified atom stereocenters. The molecule has 0 aromatic carbocycles. The SMILES string of the molecule is C=CC1CC1(NC(=O)C1CC(OC2C=C(c3nc(C(C)C)cs3)N=C3C(C)=C(OC)CCC32)CN1)C(=O)OC. The van der Waals surface area contributed by atoms with E-state index in [0.29, 0.717) is 25.3 Å². The second kappa shape index (κ2) is 11.0. The van der Waals surface area contributed by atoms with E-state index in [2.05, 4.69) is 49.4 Å². The second-order valence-electron chi connectivity index (χ2n) is 11.1. The highest BCUT2D eigenvalue weighted by molar-refractivity contribution is 7.10. The maximum atomic E-state index is 13.1. The third-order valence-corrected chi connectivity index (χ3v) is 9.21. The first-order chi connectivity index (χ1) is 18.7. The number of thiazole rings is 1. The largest absolute Gasteiger partial charge is 0.501 e. The summed E-state index contributed by atoms with van der Waals surface area (Å²) in [6, 6.07) is -0.455. The van der Waals surface area contributed by atoms with Crippen LogP contribution in [0.25, 0.3) is 5.70 Å². The van der Waals surface area contributed by atoms with E-state index in [4.69, 9.17) is 24.2 Å². The number of allylic oxidation sites excluding steroid dienone is 2. The molecule has 9 nitrogen and oxygen atoms in total. The van der Waals surface area contributed by atoms with Crippen molar-refractivity contribution in [2.45, 2.75) is 76.2 Å². The molecule has 0 spiro atoms. The van der Waals surface area contributed by atoms with E-state index in [1.807, 2.05) is 0 Å². The first kappa shape index (κ1) is 27.7. The molecule has 210 valence electrons. The summed E-state index contributed by atoms with van der Waals surface area (Å²) in [6.07, 6.45) is 6.15. The van der Waals surface area contributed by atoms with Gasteiger partial charge in [0, 0.05) is 35.8 Å². The quantitative estimate of drug-likeness (QED) is 0.353. The molecule has 1 amide bonds. The van der Waals surface area contributed by atoms with Crippen LogP contribution in [0, 0.1) is 11.8 Å². The Morgan fingerprint density at radius 1 is 1.33 bits per heavy atom. The van der Waals surface area contributed by atoms with Gasteiger partial charge in [0.15, 0.2) is 0 Å². The Morgan fingerprint density at radius 3 is 2.77 bits per heavy atom. The molecular weight excluding hydrogens is 516 g/mol. The highest BCUT2D eigenvalue weighted by Crippen LogP contribution is 2.45. The lowest BCUT2D eigenvalue weighted by molar-refractivity contribution is -0.147. The Bertz CT molecular complexity index is 1250. The zero-order valence-corrected chi connectivity index (χ0v) is 24.1. The minimum Gasteiger partial charge on any atom is -0.501 e. The summed E-state index contributed by atoms with van der Waals surface area (Å²) in [5, 5.41) is 9.19. The van der Waals surface area contributed by atoms with Crippen LogP contribution in [0.1, 0.15) is 63.1 Å². The monoisotopic (exact) mass is 554 g/mol. The van der Waals surface area contributed by atoms with Crippen LogP contribution in [-0.4, -0.2) is 67.1 Å². The van der Waals surface area contributed by atoms with Gasteiger partial charge in [-0.1, -0.05) is 19.9 Å². The number of aliphatic imine (C=N–C) groups is 1. The molecule has 2 fully saturated rings. The van der Waals surface area contributed by atoms with Crippen molar-refractivity contribution in [1.82, 2.24) is 15.6 Å². The van der Waals surface area contributed by atoms with Crippen LogP contribution in [-0.2, 0) is 23.8 Å². The lowest BCUT2D eigenvalue weighted by atomic mass is 9.80. The molecule has 1 aromatic rings. The fraction of sp³-hybridized carbons (Fsp3) is 0.586. The average molecular weight is 555 g/mol. The van der Waals surface area contributed by atoms with E-state index >= 15 is 0 Å². The summed E-state index contributed by atoms with van der Waals surface area (Å²) in [6.45, 7) is 10.6. The molecule has 5 rings (SSSR count). The Balaban J connectivity index is 1.32. The van der Waals surface area contributed by atoms with E-state index in [1.165, 1.54) is 7.11 Å². The molecule has 0 radical (unpaired) electrons. The van der Waals surface area contributed by atoms with Crippen LogP contribution in [0.5, 0.6) is 0 Å². The molecule has 1 saturated heterocycles. The normalized spacial score (nSPS) is 31.8. The van der Waals surface area contributed by atoms with Crippen LogP contribution < -0.4 is 10.6 Å². The fourth-order valence-corrected chi connectivity index (χ4v) is 6.80. The number of rotatable bonds is 9. The topological polar surface area (TPSA) is 111 Å². The van der Waals surface area contributed by atoms with Crippen LogP contribution in [0.2, 0.25) is 0 Å². The standard InChI is InChI=1S/C29H38N4O5S/c1-7-17-12-29(17,28(35)37-6)33-26(34)20-10-18(13-30-20)38-24-11-21(27-32-22(14-39-27)15(2)3)31-25-16(4)23(36-5)9-8-19(24)25/h7,11,14-15,17-20,24,30H,1,8-10,12-13H2,2-6H3,(H,33,34). The first-order valence-electron chi connectivity index (χ1n) is 13.6. The van der Waals surface area contributed by atoms with E-state index in [0.717, 1.165) is 46.3 Å². The van der Waals surface area contributed by atoms with Crippen molar-refractivity contribution in [3.63, 3.8) is 0 Å². The summed E-state index contributed by atoms with van der Waals surface area (Å²) in [4.78, 5) is 35.4. The van der Waals surface area contributed by atoms with Crippen LogP contribution >= 0.6 is 11.3 Å². The van der Waals surface area contributed by atoms with Gasteiger partial charge < -0.3 is 24.8 Å². The molecule has 6 atom stereocenters. The lowest BCUT2D eigenvalue weighted by Gasteiger charge is -2.35. The molecule has 2 aliphatic heterocycles. The fourth-order valence-electron chi connectivity index (χ4n) is 5.85. The van der Waals surface area contributed by atoms with Gasteiger partial charge in [0.05, 0.1) is 49.6 Å². The first-order valence-corrected chi connectivity index (χ1v) is 14.5. The Morgan fingerprint density at radius 2 is 2.13 bits per heavy atom. The van der Waals surface area contributed by atoms with Gasteiger partial charge in [-0.3, -0.25) is 4.79 Å². The van der Waals surface area contributed by atoms with E-state index < -0.39 is 17.6 Å². The van der Waals surface area contributed by atoms with Gasteiger partial charge in [-0.05, 0) is 38.2 Å². The van der Waals surface area contributed by atoms with Crippen molar-refractivity contribution in [2.24, 2.45) is 16.8 Å². The number of methoxy groups -OCH3 is 2. The minimum atomic E-state index is -1.01. The van der Waals surface area contributed by atoms with E-state index in [9.17, 15) is 9.59 Å². The van der Waals surface area contributed by atoms with Crippen molar-refractivity contribution in [2.75, 3.05) is 20.8 Å². The van der Waals surface area contributed by atoms with Gasteiger partial charge in [-0.2, -0.15) is 0 Å². The molecule has 4 aliphatic rings. The number of esters is 1. The Labute approximate surface area is 233 Å². The third-order valence-electron chi connectivity index (χ3n) is 8.33. The van der Waals surface area contributed by atoms with Gasteiger partial charge in [-0.25, -0.2) is 14.8 Å². The predicted octanol–water partition coefficient (Wildman–Crippen LogP) is 3.74. The summed E-state index contributed by atoms with van der Waals surface area (Å²) in [5.41, 5.74) is 2.92. The van der Waals surface area contributed by atoms with Gasteiger partial charge in [0.2, 0.25) is 5.91 Å². The van der Waals surface area contributed by atoms with Crippen molar-refractivity contribution >= 4 is 34.6 Å². The molecule has 3 heterocycles. The smallest absolute Gasteiger partial charge is 0.332 e. The predicted molar refractivity (Wildman–Crippen MR) is 150 cm³/mol.